The molecule has 1 aromatic heterocycles. The first-order valence-electron chi connectivity index (χ1n) is 7.24. The molecule has 0 radical (unpaired) electrons. The fourth-order valence-corrected chi connectivity index (χ4v) is 2.14. The number of aromatic nitrogens is 2. The predicted molar refractivity (Wildman–Crippen MR) is 84.5 cm³/mol. The van der Waals surface area contributed by atoms with Gasteiger partial charge in [0.05, 0.1) is 5.69 Å². The molecule has 0 fully saturated rings. The Labute approximate surface area is 125 Å². The van der Waals surface area contributed by atoms with Gasteiger partial charge in [-0.25, -0.2) is 0 Å². The number of anilines is 1. The van der Waals surface area contributed by atoms with Gasteiger partial charge in [0.2, 0.25) is 0 Å². The molecule has 5 heteroatoms. The highest BCUT2D eigenvalue weighted by Gasteiger charge is 2.07. The van der Waals surface area contributed by atoms with Gasteiger partial charge in [-0.3, -0.25) is 9.89 Å². The summed E-state index contributed by atoms with van der Waals surface area (Å²) in [5.41, 5.74) is 4.83. The van der Waals surface area contributed by atoms with E-state index in [4.69, 9.17) is 0 Å². The lowest BCUT2D eigenvalue weighted by Gasteiger charge is -2.09. The number of carbonyl (C=O) groups excluding carboxylic acids is 1. The topological polar surface area (TPSA) is 69.8 Å². The normalized spacial score (nSPS) is 10.4. The molecule has 0 aliphatic carbocycles. The molecule has 1 heterocycles. The Balaban J connectivity index is 2.03. The minimum Gasteiger partial charge on any atom is -0.381 e. The maximum Gasteiger partial charge on any atom is 0.251 e. The third kappa shape index (κ3) is 3.84. The Morgan fingerprint density at radius 3 is 2.81 bits per heavy atom. The first kappa shape index (κ1) is 15.1. The summed E-state index contributed by atoms with van der Waals surface area (Å²) in [6, 6.07) is 7.54. The minimum absolute atomic E-state index is 0.0313. The number of amides is 1. The summed E-state index contributed by atoms with van der Waals surface area (Å²) >= 11 is 0. The van der Waals surface area contributed by atoms with E-state index in [1.807, 2.05) is 45.0 Å². The molecule has 1 aromatic carbocycles. The average molecular weight is 286 g/mol. The fourth-order valence-electron chi connectivity index (χ4n) is 2.14. The van der Waals surface area contributed by atoms with Crippen LogP contribution in [0, 0.1) is 13.8 Å². The summed E-state index contributed by atoms with van der Waals surface area (Å²) in [5, 5.41) is 13.4. The van der Waals surface area contributed by atoms with Crippen LogP contribution in [0.25, 0.3) is 0 Å². The molecular formula is C16H22N4O. The van der Waals surface area contributed by atoms with E-state index >= 15 is 0 Å². The van der Waals surface area contributed by atoms with Gasteiger partial charge >= 0.3 is 0 Å². The Hall–Kier alpha value is -2.30. The van der Waals surface area contributed by atoms with Gasteiger partial charge in [0.15, 0.2) is 0 Å². The molecule has 0 spiro atoms. The van der Waals surface area contributed by atoms with E-state index in [1.54, 1.807) is 0 Å². The highest BCUT2D eigenvalue weighted by Crippen LogP contribution is 2.15. The Morgan fingerprint density at radius 2 is 2.14 bits per heavy atom. The molecule has 3 N–H and O–H groups in total. The second-order valence-electron chi connectivity index (χ2n) is 5.10. The van der Waals surface area contributed by atoms with Crippen LogP contribution in [0.3, 0.4) is 0 Å². The quantitative estimate of drug-likeness (QED) is 0.764. The molecule has 2 aromatic rings. The summed E-state index contributed by atoms with van der Waals surface area (Å²) in [5.74, 6) is -0.0313. The summed E-state index contributed by atoms with van der Waals surface area (Å²) < 4.78 is 0. The van der Waals surface area contributed by atoms with Crippen molar-refractivity contribution >= 4 is 11.6 Å². The van der Waals surface area contributed by atoms with Crippen LogP contribution in [0.2, 0.25) is 0 Å². The Bertz CT molecular complexity index is 599. The van der Waals surface area contributed by atoms with Gasteiger partial charge in [-0.2, -0.15) is 5.10 Å². The van der Waals surface area contributed by atoms with E-state index in [-0.39, 0.29) is 5.91 Å². The summed E-state index contributed by atoms with van der Waals surface area (Å²) in [4.78, 5) is 11.9. The number of carbonyl (C=O) groups is 1. The highest BCUT2D eigenvalue weighted by molar-refractivity contribution is 5.95. The number of benzene rings is 1. The van der Waals surface area contributed by atoms with Crippen LogP contribution in [0.4, 0.5) is 5.69 Å². The number of hydrogen-bond acceptors (Lipinski definition) is 3. The van der Waals surface area contributed by atoms with E-state index in [0.29, 0.717) is 18.7 Å². The molecule has 0 bridgehead atoms. The zero-order valence-corrected chi connectivity index (χ0v) is 12.8. The molecule has 0 saturated carbocycles. The van der Waals surface area contributed by atoms with E-state index in [2.05, 4.69) is 20.8 Å². The molecule has 0 aliphatic rings. The number of hydrogen-bond donors (Lipinski definition) is 3. The molecule has 21 heavy (non-hydrogen) atoms. The lowest BCUT2D eigenvalue weighted by molar-refractivity contribution is 0.0953. The molecule has 112 valence electrons. The van der Waals surface area contributed by atoms with Crippen molar-refractivity contribution in [3.05, 3.63) is 46.8 Å². The molecule has 1 amide bonds. The maximum absolute atomic E-state index is 11.9. The largest absolute Gasteiger partial charge is 0.381 e. The Kier molecular flexibility index (Phi) is 4.98. The third-order valence-electron chi connectivity index (χ3n) is 3.41. The van der Waals surface area contributed by atoms with Crippen LogP contribution in [-0.2, 0) is 6.54 Å². The van der Waals surface area contributed by atoms with Crippen molar-refractivity contribution in [2.24, 2.45) is 0 Å². The van der Waals surface area contributed by atoms with Crippen molar-refractivity contribution in [2.45, 2.75) is 33.7 Å². The van der Waals surface area contributed by atoms with E-state index < -0.39 is 0 Å². The van der Waals surface area contributed by atoms with Crippen LogP contribution >= 0.6 is 0 Å². The molecule has 2 rings (SSSR count). The van der Waals surface area contributed by atoms with E-state index in [0.717, 1.165) is 29.1 Å². The highest BCUT2D eigenvalue weighted by atomic mass is 16.1. The molecule has 0 saturated heterocycles. The van der Waals surface area contributed by atoms with Gasteiger partial charge in [-0.1, -0.05) is 13.0 Å². The van der Waals surface area contributed by atoms with Crippen molar-refractivity contribution in [3.63, 3.8) is 0 Å². The second-order valence-corrected chi connectivity index (χ2v) is 5.10. The lowest BCUT2D eigenvalue weighted by Crippen LogP contribution is -2.23. The van der Waals surface area contributed by atoms with Crippen molar-refractivity contribution in [3.8, 4) is 0 Å². The van der Waals surface area contributed by atoms with Gasteiger partial charge in [0.1, 0.15) is 0 Å². The number of nitrogens with zero attached hydrogens (tertiary/aromatic N) is 1. The molecular weight excluding hydrogens is 264 g/mol. The first-order valence-corrected chi connectivity index (χ1v) is 7.24. The van der Waals surface area contributed by atoms with Crippen LogP contribution in [0.1, 0.15) is 40.7 Å². The molecule has 0 unspecified atom stereocenters. The second kappa shape index (κ2) is 6.92. The van der Waals surface area contributed by atoms with Crippen molar-refractivity contribution < 1.29 is 4.79 Å². The SMILES string of the molecule is CCCNC(=O)c1cccc(NCc2c(C)n[nH]c2C)c1. The van der Waals surface area contributed by atoms with Gasteiger partial charge in [-0.15, -0.1) is 0 Å². The number of nitrogens with one attached hydrogen (secondary N) is 3. The van der Waals surface area contributed by atoms with Crippen LogP contribution in [0.15, 0.2) is 24.3 Å². The van der Waals surface area contributed by atoms with Crippen LogP contribution < -0.4 is 10.6 Å². The van der Waals surface area contributed by atoms with Gasteiger partial charge in [0, 0.05) is 35.6 Å². The standard InChI is InChI=1S/C16H22N4O/c1-4-8-17-16(21)13-6-5-7-14(9-13)18-10-15-11(2)19-20-12(15)3/h5-7,9,18H,4,8,10H2,1-3H3,(H,17,21)(H,19,20). The van der Waals surface area contributed by atoms with Crippen molar-refractivity contribution in [2.75, 3.05) is 11.9 Å². The molecule has 0 aliphatic heterocycles. The summed E-state index contributed by atoms with van der Waals surface area (Å²) in [6.45, 7) is 7.41. The van der Waals surface area contributed by atoms with E-state index in [1.165, 1.54) is 0 Å². The number of H-pyrrole nitrogens is 1. The molecule has 5 nitrogen and oxygen atoms in total. The summed E-state index contributed by atoms with van der Waals surface area (Å²) in [6.07, 6.45) is 0.933. The van der Waals surface area contributed by atoms with Crippen LogP contribution in [0.5, 0.6) is 0 Å². The predicted octanol–water partition coefficient (Wildman–Crippen LogP) is 2.78. The lowest BCUT2D eigenvalue weighted by atomic mass is 10.1. The maximum atomic E-state index is 11.9. The van der Waals surface area contributed by atoms with Crippen molar-refractivity contribution in [1.82, 2.24) is 15.5 Å². The van der Waals surface area contributed by atoms with Crippen LogP contribution in [-0.4, -0.2) is 22.6 Å². The summed E-state index contributed by atoms with van der Waals surface area (Å²) in [7, 11) is 0. The Morgan fingerprint density at radius 1 is 1.33 bits per heavy atom. The molecule has 0 atom stereocenters. The average Bonchev–Trinajstić information content (AvgIpc) is 2.82. The van der Waals surface area contributed by atoms with Gasteiger partial charge in [0.25, 0.3) is 5.91 Å². The van der Waals surface area contributed by atoms with E-state index in [9.17, 15) is 4.79 Å². The smallest absolute Gasteiger partial charge is 0.251 e. The third-order valence-corrected chi connectivity index (χ3v) is 3.41. The fraction of sp³-hybridized carbons (Fsp3) is 0.375. The monoisotopic (exact) mass is 286 g/mol. The van der Waals surface area contributed by atoms with Gasteiger partial charge in [-0.05, 0) is 38.5 Å². The number of aryl methyl sites for hydroxylation is 2. The zero-order chi connectivity index (χ0) is 15.2. The zero-order valence-electron chi connectivity index (χ0n) is 12.8. The number of rotatable bonds is 6. The van der Waals surface area contributed by atoms with Crippen molar-refractivity contribution in [1.29, 1.82) is 0 Å². The number of aromatic amines is 1. The van der Waals surface area contributed by atoms with Gasteiger partial charge < -0.3 is 10.6 Å². The first-order chi connectivity index (χ1) is 10.1. The minimum atomic E-state index is -0.0313.